The third-order valence-electron chi connectivity index (χ3n) is 6.29. The molecule has 0 atom stereocenters. The van der Waals surface area contributed by atoms with Gasteiger partial charge in [-0.1, -0.05) is 6.07 Å². The summed E-state index contributed by atoms with van der Waals surface area (Å²) in [6, 6.07) is 7.23. The number of nitrogens with one attached hydrogen (secondary N) is 2. The van der Waals surface area contributed by atoms with E-state index in [1.54, 1.807) is 29.3 Å². The van der Waals surface area contributed by atoms with Gasteiger partial charge in [-0.05, 0) is 31.0 Å². The quantitative estimate of drug-likeness (QED) is 0.385. The van der Waals surface area contributed by atoms with Crippen molar-refractivity contribution in [3.05, 3.63) is 60.1 Å². The second-order valence-electron chi connectivity index (χ2n) is 8.54. The zero-order chi connectivity index (χ0) is 25.2. The Bertz CT molecular complexity index is 1440. The number of hydrogen-bond donors (Lipinski definition) is 3. The van der Waals surface area contributed by atoms with E-state index in [-0.39, 0.29) is 34.1 Å². The monoisotopic (exact) mass is 494 g/mol. The van der Waals surface area contributed by atoms with Crippen LogP contribution in [0.4, 0.5) is 19.3 Å². The highest BCUT2D eigenvalue weighted by atomic mass is 19.1. The molecule has 186 valence electrons. The summed E-state index contributed by atoms with van der Waals surface area (Å²) in [6.45, 7) is 1.49. The van der Waals surface area contributed by atoms with Crippen LogP contribution in [0, 0.1) is 11.6 Å². The van der Waals surface area contributed by atoms with Gasteiger partial charge >= 0.3 is 6.03 Å². The number of nitrogens with zero attached hydrogens (tertiary/aromatic N) is 4. The summed E-state index contributed by atoms with van der Waals surface area (Å²) in [5.41, 5.74) is 1.78. The largest absolute Gasteiger partial charge is 0.506 e. The Morgan fingerprint density at radius 2 is 2.00 bits per heavy atom. The number of carbonyl (C=O) groups excluding carboxylic acids is 1. The summed E-state index contributed by atoms with van der Waals surface area (Å²) in [5.74, 6) is -1.69. The minimum Gasteiger partial charge on any atom is -0.506 e. The summed E-state index contributed by atoms with van der Waals surface area (Å²) in [6.07, 6.45) is 4.38. The topological polar surface area (TPSA) is 112 Å². The Kier molecular flexibility index (Phi) is 6.47. The highest BCUT2D eigenvalue weighted by Gasteiger charge is 2.24. The Labute approximate surface area is 205 Å². The number of likely N-dealkylation sites (tertiary alicyclic amines) is 1. The van der Waals surface area contributed by atoms with E-state index in [0.717, 1.165) is 11.8 Å². The minimum atomic E-state index is -0.785. The van der Waals surface area contributed by atoms with E-state index in [4.69, 9.17) is 4.74 Å². The number of benzene rings is 2. The van der Waals surface area contributed by atoms with Gasteiger partial charge in [-0.2, -0.15) is 0 Å². The molecule has 11 heteroatoms. The van der Waals surface area contributed by atoms with Crippen molar-refractivity contribution in [1.29, 1.82) is 0 Å². The molecule has 4 aromatic rings. The second-order valence-corrected chi connectivity index (χ2v) is 8.54. The van der Waals surface area contributed by atoms with Crippen LogP contribution in [0.3, 0.4) is 0 Å². The number of rotatable bonds is 5. The first-order valence-corrected chi connectivity index (χ1v) is 11.5. The average molecular weight is 495 g/mol. The normalized spacial score (nSPS) is 14.4. The van der Waals surface area contributed by atoms with Crippen LogP contribution in [0.15, 0.2) is 42.7 Å². The molecule has 2 amide bonds. The molecule has 1 fully saturated rings. The predicted molar refractivity (Wildman–Crippen MR) is 130 cm³/mol. The van der Waals surface area contributed by atoms with Crippen molar-refractivity contribution >= 4 is 33.7 Å². The van der Waals surface area contributed by atoms with Crippen LogP contribution in [0.1, 0.15) is 18.5 Å². The van der Waals surface area contributed by atoms with Gasteiger partial charge in [0.15, 0.2) is 17.4 Å². The van der Waals surface area contributed by atoms with E-state index in [2.05, 4.69) is 25.6 Å². The van der Waals surface area contributed by atoms with E-state index in [1.807, 2.05) is 0 Å². The lowest BCUT2D eigenvalue weighted by atomic mass is 10.1. The molecule has 0 unspecified atom stereocenters. The first kappa shape index (κ1) is 23.6. The van der Waals surface area contributed by atoms with E-state index >= 15 is 0 Å². The number of pyridine rings is 1. The summed E-state index contributed by atoms with van der Waals surface area (Å²) in [4.78, 5) is 27.2. The molecule has 0 saturated carbocycles. The first-order valence-electron chi connectivity index (χ1n) is 11.5. The van der Waals surface area contributed by atoms with Gasteiger partial charge in [0.1, 0.15) is 16.8 Å². The lowest BCUT2D eigenvalue weighted by molar-refractivity contribution is 0.188. The predicted octanol–water partition coefficient (Wildman–Crippen LogP) is 3.96. The number of aromatic hydroxyl groups is 1. The molecule has 0 radical (unpaired) electrons. The number of piperidine rings is 1. The molecular formula is C25H24F2N6O3. The van der Waals surface area contributed by atoms with Gasteiger partial charge in [0, 0.05) is 37.9 Å². The van der Waals surface area contributed by atoms with Gasteiger partial charge in [-0.25, -0.2) is 23.5 Å². The molecule has 0 spiro atoms. The van der Waals surface area contributed by atoms with Crippen molar-refractivity contribution in [1.82, 2.24) is 25.2 Å². The van der Waals surface area contributed by atoms with Crippen LogP contribution in [0.5, 0.6) is 11.5 Å². The summed E-state index contributed by atoms with van der Waals surface area (Å²) in [7, 11) is 1.24. The molecule has 2 aromatic carbocycles. The third-order valence-corrected chi connectivity index (χ3v) is 6.29. The van der Waals surface area contributed by atoms with Gasteiger partial charge in [0.2, 0.25) is 0 Å². The van der Waals surface area contributed by atoms with Crippen molar-refractivity contribution in [2.75, 3.05) is 25.5 Å². The molecule has 0 aliphatic carbocycles. The molecule has 2 aromatic heterocycles. The third kappa shape index (κ3) is 4.57. The average Bonchev–Trinajstić information content (AvgIpc) is 2.90. The minimum absolute atomic E-state index is 0.0944. The molecule has 1 aliphatic heterocycles. The van der Waals surface area contributed by atoms with Crippen molar-refractivity contribution < 1.29 is 23.4 Å². The Balaban J connectivity index is 1.20. The number of urea groups is 1. The number of para-hydroxylation sites is 1. The number of hydrogen-bond acceptors (Lipinski definition) is 7. The van der Waals surface area contributed by atoms with Crippen molar-refractivity contribution in [3.8, 4) is 11.5 Å². The molecule has 36 heavy (non-hydrogen) atoms. The molecule has 3 heterocycles. The molecule has 3 N–H and O–H groups in total. The SMILES string of the molecule is COc1cc(F)c2nccc(NC(=O)N3CCC(NCc4cnc5c(O)cccc5n4)CC3)c2c1F. The molecular weight excluding hydrogens is 470 g/mol. The number of phenols is 1. The summed E-state index contributed by atoms with van der Waals surface area (Å²) < 4.78 is 34.1. The van der Waals surface area contributed by atoms with E-state index in [9.17, 15) is 18.7 Å². The fourth-order valence-electron chi connectivity index (χ4n) is 4.37. The number of phenolic OH excluding ortho intramolecular Hbond substituents is 1. The van der Waals surface area contributed by atoms with Crippen LogP contribution >= 0.6 is 0 Å². The number of fused-ring (bicyclic) bond motifs is 2. The number of halogens is 2. The Morgan fingerprint density at radius 3 is 2.78 bits per heavy atom. The number of methoxy groups -OCH3 is 1. The Morgan fingerprint density at radius 1 is 1.19 bits per heavy atom. The number of carbonyl (C=O) groups is 1. The van der Waals surface area contributed by atoms with Crippen molar-refractivity contribution in [2.24, 2.45) is 0 Å². The maximum Gasteiger partial charge on any atom is 0.321 e. The second kappa shape index (κ2) is 9.86. The van der Waals surface area contributed by atoms with Gasteiger partial charge in [-0.15, -0.1) is 0 Å². The molecule has 0 bridgehead atoms. The van der Waals surface area contributed by atoms with E-state index in [0.29, 0.717) is 43.5 Å². The maximum atomic E-state index is 14.9. The molecule has 1 saturated heterocycles. The standard InChI is InChI=1S/C25H24F2N6O3/c1-36-20-11-16(26)23-21(22(20)27)17(5-8-28-23)32-25(35)33-9-6-14(7-10-33)29-12-15-13-30-24-18(31-15)3-2-4-19(24)34/h2-5,8,11,13-14,29,34H,6-7,9-10,12H2,1H3,(H,28,32,35). The fourth-order valence-corrected chi connectivity index (χ4v) is 4.37. The fraction of sp³-hybridized carbons (Fsp3) is 0.280. The van der Waals surface area contributed by atoms with Crippen LogP contribution in [-0.2, 0) is 6.54 Å². The lowest BCUT2D eigenvalue weighted by Gasteiger charge is -2.32. The first-order chi connectivity index (χ1) is 17.4. The van der Waals surface area contributed by atoms with Gasteiger partial charge in [0.25, 0.3) is 0 Å². The van der Waals surface area contributed by atoms with E-state index in [1.165, 1.54) is 19.4 Å². The van der Waals surface area contributed by atoms with Crippen LogP contribution < -0.4 is 15.4 Å². The smallest absolute Gasteiger partial charge is 0.321 e. The van der Waals surface area contributed by atoms with Crippen molar-refractivity contribution in [2.45, 2.75) is 25.4 Å². The molecule has 9 nitrogen and oxygen atoms in total. The maximum absolute atomic E-state index is 14.9. The molecule has 5 rings (SSSR count). The van der Waals surface area contributed by atoms with Crippen molar-refractivity contribution in [3.63, 3.8) is 0 Å². The van der Waals surface area contributed by atoms with E-state index < -0.39 is 17.7 Å². The summed E-state index contributed by atoms with van der Waals surface area (Å²) in [5, 5.41) is 15.9. The van der Waals surface area contributed by atoms with Gasteiger partial charge in [-0.3, -0.25) is 4.98 Å². The number of aromatic nitrogens is 3. The molecule has 1 aliphatic rings. The summed E-state index contributed by atoms with van der Waals surface area (Å²) >= 11 is 0. The highest BCUT2D eigenvalue weighted by molar-refractivity contribution is 6.01. The van der Waals surface area contributed by atoms with Gasteiger partial charge < -0.3 is 25.4 Å². The zero-order valence-electron chi connectivity index (χ0n) is 19.5. The zero-order valence-corrected chi connectivity index (χ0v) is 19.5. The Hall–Kier alpha value is -4.12. The van der Waals surface area contributed by atoms with Crippen LogP contribution in [0.25, 0.3) is 21.9 Å². The number of amides is 2. The number of ether oxygens (including phenoxy) is 1. The number of anilines is 1. The highest BCUT2D eigenvalue weighted by Crippen LogP contribution is 2.33. The van der Waals surface area contributed by atoms with Crippen LogP contribution in [0.2, 0.25) is 0 Å². The van der Waals surface area contributed by atoms with Crippen LogP contribution in [-0.4, -0.2) is 57.2 Å². The van der Waals surface area contributed by atoms with Gasteiger partial charge in [0.05, 0.1) is 35.6 Å². The lowest BCUT2D eigenvalue weighted by Crippen LogP contribution is -2.46.